The maximum atomic E-state index is 9.90. The maximum Gasteiger partial charge on any atom is 0.0772 e. The van der Waals surface area contributed by atoms with Crippen LogP contribution in [-0.4, -0.2) is 28.9 Å². The van der Waals surface area contributed by atoms with Gasteiger partial charge in [-0.3, -0.25) is 0 Å². The lowest BCUT2D eigenvalue weighted by Gasteiger charge is -2.30. The van der Waals surface area contributed by atoms with Crippen LogP contribution < -0.4 is 4.90 Å². The van der Waals surface area contributed by atoms with Gasteiger partial charge in [-0.25, -0.2) is 0 Å². The highest BCUT2D eigenvalue weighted by Gasteiger charge is 2.18. The average Bonchev–Trinajstić information content (AvgIpc) is 2.24. The Morgan fingerprint density at radius 2 is 2.00 bits per heavy atom. The van der Waals surface area contributed by atoms with Gasteiger partial charge in [0.2, 0.25) is 0 Å². The van der Waals surface area contributed by atoms with E-state index in [1.54, 1.807) is 20.8 Å². The van der Waals surface area contributed by atoms with E-state index >= 15 is 0 Å². The van der Waals surface area contributed by atoms with Gasteiger partial charge in [0.1, 0.15) is 0 Å². The Morgan fingerprint density at radius 1 is 1.39 bits per heavy atom. The highest BCUT2D eigenvalue weighted by molar-refractivity contribution is 9.10. The number of aliphatic hydroxyl groups is 2. The Bertz CT molecular complexity index is 399. The van der Waals surface area contributed by atoms with Gasteiger partial charge < -0.3 is 15.1 Å². The fourth-order valence-corrected chi connectivity index (χ4v) is 2.60. The Labute approximate surface area is 118 Å². The summed E-state index contributed by atoms with van der Waals surface area (Å²) in [7, 11) is 0. The fraction of sp³-hybridized carbons (Fsp3) is 0.571. The highest BCUT2D eigenvalue weighted by Crippen LogP contribution is 2.28. The van der Waals surface area contributed by atoms with Crippen LogP contribution in [0.1, 0.15) is 39.4 Å². The summed E-state index contributed by atoms with van der Waals surface area (Å²) in [6.07, 6.45) is -0.488. The second kappa shape index (κ2) is 6.04. The van der Waals surface area contributed by atoms with Crippen molar-refractivity contribution in [3.05, 3.63) is 28.2 Å². The summed E-state index contributed by atoms with van der Waals surface area (Å²) >= 11 is 3.48. The molecule has 4 heteroatoms. The molecule has 18 heavy (non-hydrogen) atoms. The van der Waals surface area contributed by atoms with Gasteiger partial charge in [0.25, 0.3) is 0 Å². The molecule has 0 spiro atoms. The first-order chi connectivity index (χ1) is 8.24. The molecule has 0 radical (unpaired) electrons. The molecule has 0 saturated carbocycles. The zero-order valence-electron chi connectivity index (χ0n) is 11.4. The van der Waals surface area contributed by atoms with Crippen molar-refractivity contribution in [2.45, 2.75) is 39.4 Å². The van der Waals surface area contributed by atoms with E-state index in [0.717, 1.165) is 22.3 Å². The van der Waals surface area contributed by atoms with Crippen molar-refractivity contribution in [3.63, 3.8) is 0 Å². The van der Waals surface area contributed by atoms with Crippen molar-refractivity contribution in [2.75, 3.05) is 18.0 Å². The van der Waals surface area contributed by atoms with E-state index in [2.05, 4.69) is 27.8 Å². The number of anilines is 1. The summed E-state index contributed by atoms with van der Waals surface area (Å²) in [6.45, 7) is 8.80. The molecule has 0 unspecified atom stereocenters. The first-order valence-corrected chi connectivity index (χ1v) is 6.98. The van der Waals surface area contributed by atoms with E-state index < -0.39 is 11.7 Å². The Kier molecular flexibility index (Phi) is 5.20. The van der Waals surface area contributed by atoms with Gasteiger partial charge in [0.05, 0.1) is 11.7 Å². The molecule has 0 aromatic heterocycles. The molecule has 2 N–H and O–H groups in total. The third-order valence-corrected chi connectivity index (χ3v) is 3.45. The molecule has 0 aliphatic heterocycles. The number of hydrogen-bond donors (Lipinski definition) is 2. The van der Waals surface area contributed by atoms with E-state index in [9.17, 15) is 10.2 Å². The van der Waals surface area contributed by atoms with Gasteiger partial charge in [-0.1, -0.05) is 22.0 Å². The van der Waals surface area contributed by atoms with E-state index in [4.69, 9.17) is 0 Å². The molecular formula is C14H22BrNO2. The van der Waals surface area contributed by atoms with Crippen molar-refractivity contribution in [1.82, 2.24) is 0 Å². The molecule has 1 atom stereocenters. The lowest BCUT2D eigenvalue weighted by atomic mass is 10.1. The van der Waals surface area contributed by atoms with Gasteiger partial charge in [0.15, 0.2) is 0 Å². The average molecular weight is 316 g/mol. The molecule has 1 aromatic carbocycles. The zero-order valence-corrected chi connectivity index (χ0v) is 13.0. The van der Waals surface area contributed by atoms with Crippen LogP contribution in [0.5, 0.6) is 0 Å². The maximum absolute atomic E-state index is 9.90. The van der Waals surface area contributed by atoms with E-state index in [-0.39, 0.29) is 0 Å². The number of aliphatic hydroxyl groups excluding tert-OH is 1. The molecule has 0 fully saturated rings. The zero-order chi connectivity index (χ0) is 13.9. The molecule has 0 bridgehead atoms. The summed E-state index contributed by atoms with van der Waals surface area (Å²) in [4.78, 5) is 2.11. The molecule has 1 aromatic rings. The molecule has 0 amide bonds. The van der Waals surface area contributed by atoms with Crippen molar-refractivity contribution in [2.24, 2.45) is 0 Å². The summed E-state index contributed by atoms with van der Waals surface area (Å²) in [5, 5.41) is 19.5. The molecule has 0 heterocycles. The normalized spacial score (nSPS) is 13.5. The van der Waals surface area contributed by atoms with Gasteiger partial charge in [-0.15, -0.1) is 0 Å². The Morgan fingerprint density at radius 3 is 2.39 bits per heavy atom. The number of hydrogen-bond acceptors (Lipinski definition) is 3. The molecule has 102 valence electrons. The minimum absolute atomic E-state index is 0.488. The van der Waals surface area contributed by atoms with Gasteiger partial charge >= 0.3 is 0 Å². The number of rotatable bonds is 5. The number of nitrogens with zero attached hydrogens (tertiary/aromatic N) is 1. The highest BCUT2D eigenvalue weighted by atomic mass is 79.9. The number of likely N-dealkylation sites (N-methyl/N-ethyl adjacent to an activating group) is 1. The van der Waals surface area contributed by atoms with Crippen molar-refractivity contribution in [1.29, 1.82) is 0 Å². The van der Waals surface area contributed by atoms with E-state index in [1.807, 2.05) is 18.2 Å². The van der Waals surface area contributed by atoms with E-state index in [1.165, 1.54) is 0 Å². The topological polar surface area (TPSA) is 43.7 Å². The van der Waals surface area contributed by atoms with Crippen molar-refractivity contribution >= 4 is 21.6 Å². The van der Waals surface area contributed by atoms with Crippen LogP contribution in [0.4, 0.5) is 5.69 Å². The predicted octanol–water partition coefficient (Wildman–Crippen LogP) is 3.10. The molecular weight excluding hydrogens is 294 g/mol. The fourth-order valence-electron chi connectivity index (χ4n) is 1.90. The summed E-state index contributed by atoms with van der Waals surface area (Å²) in [5.74, 6) is 0. The van der Waals surface area contributed by atoms with Crippen LogP contribution >= 0.6 is 15.9 Å². The summed E-state index contributed by atoms with van der Waals surface area (Å²) in [6, 6.07) is 5.87. The first-order valence-electron chi connectivity index (χ1n) is 6.19. The minimum atomic E-state index is -0.731. The summed E-state index contributed by atoms with van der Waals surface area (Å²) < 4.78 is 0.893. The third kappa shape index (κ3) is 4.26. The standard InChI is InChI=1S/C14H22BrNO2/c1-5-16(9-14(3,4)18)11-6-7-12(10(2)17)13(15)8-11/h6-8,10,17-18H,5,9H2,1-4H3/t10-/m0/s1. The van der Waals surface area contributed by atoms with Gasteiger partial charge in [-0.2, -0.15) is 0 Å². The smallest absolute Gasteiger partial charge is 0.0772 e. The predicted molar refractivity (Wildman–Crippen MR) is 79.0 cm³/mol. The SMILES string of the molecule is CCN(CC(C)(C)O)c1ccc([C@H](C)O)c(Br)c1. The largest absolute Gasteiger partial charge is 0.389 e. The molecule has 1 rings (SSSR count). The van der Waals surface area contributed by atoms with Crippen LogP contribution in [0.15, 0.2) is 22.7 Å². The van der Waals surface area contributed by atoms with Crippen molar-refractivity contribution < 1.29 is 10.2 Å². The monoisotopic (exact) mass is 315 g/mol. The third-order valence-electron chi connectivity index (χ3n) is 2.76. The van der Waals surface area contributed by atoms with Crippen LogP contribution in [0.25, 0.3) is 0 Å². The molecule has 3 nitrogen and oxygen atoms in total. The Hall–Kier alpha value is -0.580. The second-order valence-electron chi connectivity index (χ2n) is 5.21. The van der Waals surface area contributed by atoms with Gasteiger partial charge in [-0.05, 0) is 45.4 Å². The number of halogens is 1. The summed E-state index contributed by atoms with van der Waals surface area (Å²) in [5.41, 5.74) is 1.18. The van der Waals surface area contributed by atoms with Crippen LogP contribution in [-0.2, 0) is 0 Å². The second-order valence-corrected chi connectivity index (χ2v) is 6.06. The van der Waals surface area contributed by atoms with Crippen LogP contribution in [0.2, 0.25) is 0 Å². The quantitative estimate of drug-likeness (QED) is 0.877. The first kappa shape index (κ1) is 15.5. The molecule has 0 saturated heterocycles. The molecule has 0 aliphatic rings. The Balaban J connectivity index is 2.98. The lowest BCUT2D eigenvalue weighted by Crippen LogP contribution is -2.38. The van der Waals surface area contributed by atoms with Gasteiger partial charge in [0, 0.05) is 23.2 Å². The molecule has 0 aliphatic carbocycles. The van der Waals surface area contributed by atoms with Crippen LogP contribution in [0, 0.1) is 0 Å². The van der Waals surface area contributed by atoms with E-state index in [0.29, 0.717) is 6.54 Å². The van der Waals surface area contributed by atoms with Crippen molar-refractivity contribution in [3.8, 4) is 0 Å². The van der Waals surface area contributed by atoms with Crippen LogP contribution in [0.3, 0.4) is 0 Å². The lowest BCUT2D eigenvalue weighted by molar-refractivity contribution is 0.0876. The minimum Gasteiger partial charge on any atom is -0.389 e. The number of benzene rings is 1.